The molecule has 0 spiro atoms. The minimum atomic E-state index is -0.197. The van der Waals surface area contributed by atoms with Gasteiger partial charge in [-0.15, -0.1) is 10.2 Å². The molecule has 0 radical (unpaired) electrons. The van der Waals surface area contributed by atoms with Gasteiger partial charge in [-0.05, 0) is 34.9 Å². The van der Waals surface area contributed by atoms with Crippen molar-refractivity contribution in [3.05, 3.63) is 41.7 Å². The van der Waals surface area contributed by atoms with Crippen molar-refractivity contribution in [2.75, 3.05) is 14.2 Å². The lowest BCUT2D eigenvalue weighted by Gasteiger charge is -2.20. The Hall–Kier alpha value is -2.63. The van der Waals surface area contributed by atoms with Crippen LogP contribution < -0.4 is 9.47 Å². The summed E-state index contributed by atoms with van der Waals surface area (Å²) >= 11 is 0. The number of rotatable bonds is 5. The predicted octanol–water partition coefficient (Wildman–Crippen LogP) is 2.89. The lowest BCUT2D eigenvalue weighted by molar-refractivity contribution is 0.356. The van der Waals surface area contributed by atoms with Gasteiger partial charge in [-0.2, -0.15) is 5.21 Å². The lowest BCUT2D eigenvalue weighted by Crippen LogP contribution is -2.22. The van der Waals surface area contributed by atoms with Crippen LogP contribution in [0, 0.1) is 0 Å². The molecule has 0 atom stereocenters. The van der Waals surface area contributed by atoms with Crippen LogP contribution in [0.25, 0.3) is 10.8 Å². The molecule has 0 aliphatic rings. The third kappa shape index (κ3) is 2.97. The van der Waals surface area contributed by atoms with Gasteiger partial charge in [-0.1, -0.05) is 37.3 Å². The Morgan fingerprint density at radius 2 is 1.70 bits per heavy atom. The zero-order valence-corrected chi connectivity index (χ0v) is 13.8. The van der Waals surface area contributed by atoms with Crippen molar-refractivity contribution in [2.45, 2.75) is 25.7 Å². The summed E-state index contributed by atoms with van der Waals surface area (Å²) in [5, 5.41) is 16.6. The minimum Gasteiger partial charge on any atom is -0.493 e. The largest absolute Gasteiger partial charge is 0.493 e. The predicted molar refractivity (Wildman–Crippen MR) is 88.0 cm³/mol. The first-order valence-corrected chi connectivity index (χ1v) is 7.42. The Kier molecular flexibility index (Phi) is 3.90. The molecule has 0 saturated carbocycles. The smallest absolute Gasteiger partial charge is 0.180 e. The molecule has 2 aromatic carbocycles. The molecular formula is C17H20N4O2. The van der Waals surface area contributed by atoms with E-state index < -0.39 is 0 Å². The van der Waals surface area contributed by atoms with Crippen LogP contribution in [0.15, 0.2) is 30.3 Å². The summed E-state index contributed by atoms with van der Waals surface area (Å²) < 4.78 is 10.7. The molecule has 6 heteroatoms. The Bertz CT molecular complexity index is 813. The number of nitrogens with zero attached hydrogens (tertiary/aromatic N) is 3. The fourth-order valence-electron chi connectivity index (χ4n) is 2.77. The summed E-state index contributed by atoms with van der Waals surface area (Å²) in [5.41, 5.74) is 1.01. The number of hydrogen-bond acceptors (Lipinski definition) is 5. The highest BCUT2D eigenvalue weighted by Gasteiger charge is 2.26. The number of ether oxygens (including phenoxy) is 2. The normalized spacial score (nSPS) is 11.7. The monoisotopic (exact) mass is 312 g/mol. The third-order valence-corrected chi connectivity index (χ3v) is 4.00. The van der Waals surface area contributed by atoms with Gasteiger partial charge in [-0.25, -0.2) is 0 Å². The van der Waals surface area contributed by atoms with Gasteiger partial charge in [0.05, 0.1) is 14.2 Å². The van der Waals surface area contributed by atoms with Crippen LogP contribution in [0.3, 0.4) is 0 Å². The van der Waals surface area contributed by atoms with Crippen LogP contribution in [0.1, 0.15) is 25.2 Å². The number of aromatic amines is 1. The summed E-state index contributed by atoms with van der Waals surface area (Å²) in [7, 11) is 3.29. The molecule has 0 unspecified atom stereocenters. The highest BCUT2D eigenvalue weighted by Crippen LogP contribution is 2.33. The van der Waals surface area contributed by atoms with Crippen molar-refractivity contribution < 1.29 is 9.47 Å². The first-order valence-electron chi connectivity index (χ1n) is 7.42. The van der Waals surface area contributed by atoms with Crippen molar-refractivity contribution in [3.63, 3.8) is 0 Å². The number of methoxy groups -OCH3 is 2. The molecule has 120 valence electrons. The van der Waals surface area contributed by atoms with E-state index in [4.69, 9.17) is 9.47 Å². The number of hydrogen-bond donors (Lipinski definition) is 1. The van der Waals surface area contributed by atoms with Crippen LogP contribution >= 0.6 is 0 Å². The molecule has 0 fully saturated rings. The van der Waals surface area contributed by atoms with Gasteiger partial charge in [-0.3, -0.25) is 0 Å². The van der Waals surface area contributed by atoms with E-state index in [1.807, 2.05) is 12.1 Å². The van der Waals surface area contributed by atoms with Crippen molar-refractivity contribution in [3.8, 4) is 11.5 Å². The first-order chi connectivity index (χ1) is 11.0. The minimum absolute atomic E-state index is 0.197. The molecule has 0 aliphatic heterocycles. The SMILES string of the molecule is COc1cc2ccc(CC(C)(C)c3nn[nH]n3)cc2cc1OC. The van der Waals surface area contributed by atoms with Crippen molar-refractivity contribution in [1.82, 2.24) is 20.6 Å². The van der Waals surface area contributed by atoms with Gasteiger partial charge in [0, 0.05) is 5.41 Å². The Morgan fingerprint density at radius 3 is 2.30 bits per heavy atom. The molecule has 0 bridgehead atoms. The standard InChI is InChI=1S/C17H20N4O2/c1-17(2,16-18-20-21-19-16)10-11-5-6-12-8-14(22-3)15(23-4)9-13(12)7-11/h5-9H,10H2,1-4H3,(H,18,19,20,21). The Balaban J connectivity index is 1.96. The Morgan fingerprint density at radius 1 is 1.00 bits per heavy atom. The molecule has 3 aromatic rings. The maximum Gasteiger partial charge on any atom is 0.180 e. The van der Waals surface area contributed by atoms with Gasteiger partial charge in [0.1, 0.15) is 0 Å². The number of nitrogens with one attached hydrogen (secondary N) is 1. The summed E-state index contributed by atoms with van der Waals surface area (Å²) in [6.07, 6.45) is 0.816. The summed E-state index contributed by atoms with van der Waals surface area (Å²) in [5.74, 6) is 2.18. The van der Waals surface area contributed by atoms with E-state index >= 15 is 0 Å². The number of benzene rings is 2. The van der Waals surface area contributed by atoms with E-state index in [1.54, 1.807) is 14.2 Å². The van der Waals surface area contributed by atoms with E-state index in [2.05, 4.69) is 52.7 Å². The molecule has 0 saturated heterocycles. The van der Waals surface area contributed by atoms with Crippen molar-refractivity contribution >= 4 is 10.8 Å². The van der Waals surface area contributed by atoms with Crippen LogP contribution in [0.2, 0.25) is 0 Å². The molecule has 3 rings (SSSR count). The van der Waals surface area contributed by atoms with Gasteiger partial charge < -0.3 is 9.47 Å². The highest BCUT2D eigenvalue weighted by atomic mass is 16.5. The summed E-state index contributed by atoms with van der Waals surface area (Å²) in [6, 6.07) is 10.4. The van der Waals surface area contributed by atoms with Crippen molar-refractivity contribution in [1.29, 1.82) is 0 Å². The van der Waals surface area contributed by atoms with E-state index in [0.717, 1.165) is 28.7 Å². The second kappa shape index (κ2) is 5.87. The number of fused-ring (bicyclic) bond motifs is 1. The van der Waals surface area contributed by atoms with Gasteiger partial charge in [0.2, 0.25) is 0 Å². The third-order valence-electron chi connectivity index (χ3n) is 4.00. The number of H-pyrrole nitrogens is 1. The lowest BCUT2D eigenvalue weighted by atomic mass is 9.84. The van der Waals surface area contributed by atoms with E-state index in [9.17, 15) is 0 Å². The molecule has 23 heavy (non-hydrogen) atoms. The molecule has 1 heterocycles. The van der Waals surface area contributed by atoms with E-state index in [0.29, 0.717) is 5.82 Å². The molecule has 0 aliphatic carbocycles. The van der Waals surface area contributed by atoms with Crippen LogP contribution in [0.5, 0.6) is 11.5 Å². The molecule has 6 nitrogen and oxygen atoms in total. The second-order valence-corrected chi connectivity index (χ2v) is 6.18. The van der Waals surface area contributed by atoms with Crippen molar-refractivity contribution in [2.24, 2.45) is 0 Å². The van der Waals surface area contributed by atoms with E-state index in [-0.39, 0.29) is 5.41 Å². The maximum atomic E-state index is 5.39. The highest BCUT2D eigenvalue weighted by molar-refractivity contribution is 5.86. The fraction of sp³-hybridized carbons (Fsp3) is 0.353. The molecule has 1 aromatic heterocycles. The van der Waals surface area contributed by atoms with E-state index in [1.165, 1.54) is 5.56 Å². The molecule has 1 N–H and O–H groups in total. The zero-order valence-electron chi connectivity index (χ0n) is 13.8. The number of tetrazole rings is 1. The summed E-state index contributed by atoms with van der Waals surface area (Å²) in [6.45, 7) is 4.22. The average Bonchev–Trinajstić information content (AvgIpc) is 3.08. The summed E-state index contributed by atoms with van der Waals surface area (Å²) in [4.78, 5) is 0. The van der Waals surface area contributed by atoms with Gasteiger partial charge in [0.15, 0.2) is 17.3 Å². The van der Waals surface area contributed by atoms with Crippen LogP contribution in [0.4, 0.5) is 0 Å². The van der Waals surface area contributed by atoms with Crippen LogP contribution in [-0.2, 0) is 11.8 Å². The first kappa shape index (κ1) is 15.3. The number of aromatic nitrogens is 4. The topological polar surface area (TPSA) is 72.9 Å². The van der Waals surface area contributed by atoms with Crippen LogP contribution in [-0.4, -0.2) is 34.8 Å². The second-order valence-electron chi connectivity index (χ2n) is 6.18. The fourth-order valence-corrected chi connectivity index (χ4v) is 2.77. The van der Waals surface area contributed by atoms with Gasteiger partial charge >= 0.3 is 0 Å². The molecule has 0 amide bonds. The quantitative estimate of drug-likeness (QED) is 0.784. The molecular weight excluding hydrogens is 292 g/mol. The Labute approximate surface area is 134 Å². The zero-order chi connectivity index (χ0) is 16.4. The maximum absolute atomic E-state index is 5.39. The van der Waals surface area contributed by atoms with Gasteiger partial charge in [0.25, 0.3) is 0 Å². The average molecular weight is 312 g/mol.